The lowest BCUT2D eigenvalue weighted by Crippen LogP contribution is -2.33. The Kier molecular flexibility index (Phi) is 4.68. The third-order valence-electron chi connectivity index (χ3n) is 4.33. The molecule has 21 heavy (non-hydrogen) atoms. The second kappa shape index (κ2) is 6.87. The van der Waals surface area contributed by atoms with Crippen LogP contribution in [-0.4, -0.2) is 40.4 Å². The second-order valence-electron chi connectivity index (χ2n) is 5.85. The summed E-state index contributed by atoms with van der Waals surface area (Å²) in [4.78, 5) is 2.56. The number of rotatable bonds is 6. The highest BCUT2D eigenvalue weighted by atomic mass is 15.3. The van der Waals surface area contributed by atoms with Crippen molar-refractivity contribution < 1.29 is 0 Å². The van der Waals surface area contributed by atoms with Crippen molar-refractivity contribution in [1.82, 2.24) is 20.0 Å². The zero-order valence-corrected chi connectivity index (χ0v) is 12.7. The molecule has 1 aliphatic rings. The van der Waals surface area contributed by atoms with Crippen LogP contribution in [0.4, 0.5) is 0 Å². The molecule has 2 heterocycles. The molecule has 2 aromatic rings. The molecule has 3 rings (SSSR count). The standard InChI is InChI=1S/C17H24N4/c1-20-17(7-10-19-20)13-18-16-9-12-21(14-16)11-8-15-5-3-2-4-6-15/h2-7,10,16,18H,8-9,11-14H2,1H3. The molecule has 0 saturated carbocycles. The number of aromatic nitrogens is 2. The molecule has 0 aliphatic carbocycles. The predicted octanol–water partition coefficient (Wildman–Crippen LogP) is 1.83. The van der Waals surface area contributed by atoms with Crippen LogP contribution in [0.25, 0.3) is 0 Å². The van der Waals surface area contributed by atoms with Crippen LogP contribution in [0, 0.1) is 0 Å². The van der Waals surface area contributed by atoms with E-state index >= 15 is 0 Å². The summed E-state index contributed by atoms with van der Waals surface area (Å²) < 4.78 is 1.94. The van der Waals surface area contributed by atoms with Crippen molar-refractivity contribution in [3.05, 3.63) is 53.9 Å². The molecule has 1 fully saturated rings. The molecule has 1 aromatic carbocycles. The van der Waals surface area contributed by atoms with Crippen molar-refractivity contribution in [2.45, 2.75) is 25.4 Å². The fraction of sp³-hybridized carbons (Fsp3) is 0.471. The normalized spacial score (nSPS) is 19.2. The van der Waals surface area contributed by atoms with Crippen LogP contribution in [0.3, 0.4) is 0 Å². The minimum atomic E-state index is 0.607. The van der Waals surface area contributed by atoms with Gasteiger partial charge in [0.15, 0.2) is 0 Å². The maximum atomic E-state index is 4.21. The SMILES string of the molecule is Cn1nccc1CNC1CCN(CCc2ccccc2)C1. The Morgan fingerprint density at radius 2 is 2.10 bits per heavy atom. The lowest BCUT2D eigenvalue weighted by atomic mass is 10.1. The van der Waals surface area contributed by atoms with Crippen LogP contribution in [0.1, 0.15) is 17.7 Å². The fourth-order valence-corrected chi connectivity index (χ4v) is 2.96. The van der Waals surface area contributed by atoms with E-state index in [2.05, 4.69) is 51.7 Å². The van der Waals surface area contributed by atoms with Gasteiger partial charge in [0.2, 0.25) is 0 Å². The smallest absolute Gasteiger partial charge is 0.0518 e. The summed E-state index contributed by atoms with van der Waals surface area (Å²) in [5, 5.41) is 7.86. The van der Waals surface area contributed by atoms with Crippen LogP contribution < -0.4 is 5.32 Å². The first-order valence-electron chi connectivity index (χ1n) is 7.78. The van der Waals surface area contributed by atoms with Gasteiger partial charge in [-0.3, -0.25) is 4.68 Å². The van der Waals surface area contributed by atoms with E-state index in [-0.39, 0.29) is 0 Å². The van der Waals surface area contributed by atoms with Crippen LogP contribution in [-0.2, 0) is 20.0 Å². The van der Waals surface area contributed by atoms with Gasteiger partial charge in [-0.2, -0.15) is 5.10 Å². The lowest BCUT2D eigenvalue weighted by Gasteiger charge is -2.16. The van der Waals surface area contributed by atoms with Crippen molar-refractivity contribution in [2.24, 2.45) is 7.05 Å². The van der Waals surface area contributed by atoms with E-state index in [4.69, 9.17) is 0 Å². The molecule has 1 aromatic heterocycles. The zero-order chi connectivity index (χ0) is 14.5. The molecular weight excluding hydrogens is 260 g/mol. The van der Waals surface area contributed by atoms with E-state index in [0.717, 1.165) is 26.1 Å². The van der Waals surface area contributed by atoms with Crippen LogP contribution >= 0.6 is 0 Å². The van der Waals surface area contributed by atoms with Gasteiger partial charge in [-0.25, -0.2) is 0 Å². The van der Waals surface area contributed by atoms with E-state index in [0.29, 0.717) is 6.04 Å². The third-order valence-corrected chi connectivity index (χ3v) is 4.33. The Morgan fingerprint density at radius 1 is 1.24 bits per heavy atom. The number of aryl methyl sites for hydroxylation is 1. The van der Waals surface area contributed by atoms with Crippen molar-refractivity contribution >= 4 is 0 Å². The fourth-order valence-electron chi connectivity index (χ4n) is 2.96. The molecule has 1 aliphatic heterocycles. The molecule has 0 bridgehead atoms. The minimum absolute atomic E-state index is 0.607. The maximum Gasteiger partial charge on any atom is 0.0518 e. The van der Waals surface area contributed by atoms with Gasteiger partial charge < -0.3 is 10.2 Å². The molecule has 0 spiro atoms. The van der Waals surface area contributed by atoms with Gasteiger partial charge in [0.1, 0.15) is 0 Å². The number of nitrogens with zero attached hydrogens (tertiary/aromatic N) is 3. The number of nitrogens with one attached hydrogen (secondary N) is 1. The summed E-state index contributed by atoms with van der Waals surface area (Å²) in [5.41, 5.74) is 2.68. The van der Waals surface area contributed by atoms with Gasteiger partial charge >= 0.3 is 0 Å². The summed E-state index contributed by atoms with van der Waals surface area (Å²) in [5.74, 6) is 0. The molecule has 0 radical (unpaired) electrons. The van der Waals surface area contributed by atoms with E-state index < -0.39 is 0 Å². The van der Waals surface area contributed by atoms with E-state index in [1.165, 1.54) is 24.2 Å². The summed E-state index contributed by atoms with van der Waals surface area (Å²) in [6.45, 7) is 4.43. The quantitative estimate of drug-likeness (QED) is 0.878. The number of hydrogen-bond donors (Lipinski definition) is 1. The number of hydrogen-bond acceptors (Lipinski definition) is 3. The highest BCUT2D eigenvalue weighted by Crippen LogP contribution is 2.11. The minimum Gasteiger partial charge on any atom is -0.307 e. The second-order valence-corrected chi connectivity index (χ2v) is 5.85. The molecule has 1 saturated heterocycles. The number of benzene rings is 1. The summed E-state index contributed by atoms with van der Waals surface area (Å²) in [7, 11) is 2.00. The predicted molar refractivity (Wildman–Crippen MR) is 85.0 cm³/mol. The van der Waals surface area contributed by atoms with Gasteiger partial charge in [0, 0.05) is 38.9 Å². The van der Waals surface area contributed by atoms with E-state index in [1.54, 1.807) is 0 Å². The van der Waals surface area contributed by atoms with Crippen LogP contribution in [0.15, 0.2) is 42.6 Å². The Balaban J connectivity index is 1.40. The van der Waals surface area contributed by atoms with Crippen LogP contribution in [0.5, 0.6) is 0 Å². The van der Waals surface area contributed by atoms with Crippen molar-refractivity contribution in [1.29, 1.82) is 0 Å². The highest BCUT2D eigenvalue weighted by Gasteiger charge is 2.21. The van der Waals surface area contributed by atoms with E-state index in [1.807, 2.05) is 17.9 Å². The van der Waals surface area contributed by atoms with Crippen molar-refractivity contribution in [3.8, 4) is 0 Å². The topological polar surface area (TPSA) is 33.1 Å². The molecule has 112 valence electrons. The molecule has 0 amide bonds. The van der Waals surface area contributed by atoms with Gasteiger partial charge in [-0.15, -0.1) is 0 Å². The molecule has 1 N–H and O–H groups in total. The Morgan fingerprint density at radius 3 is 2.86 bits per heavy atom. The van der Waals surface area contributed by atoms with Crippen LogP contribution in [0.2, 0.25) is 0 Å². The van der Waals surface area contributed by atoms with Gasteiger partial charge in [-0.05, 0) is 31.0 Å². The summed E-state index contributed by atoms with van der Waals surface area (Å²) in [6.07, 6.45) is 4.25. The van der Waals surface area contributed by atoms with Gasteiger partial charge in [-0.1, -0.05) is 30.3 Å². The lowest BCUT2D eigenvalue weighted by molar-refractivity contribution is 0.331. The van der Waals surface area contributed by atoms with Gasteiger partial charge in [0.05, 0.1) is 5.69 Å². The highest BCUT2D eigenvalue weighted by molar-refractivity contribution is 5.15. The Hall–Kier alpha value is -1.65. The largest absolute Gasteiger partial charge is 0.307 e. The van der Waals surface area contributed by atoms with Gasteiger partial charge in [0.25, 0.3) is 0 Å². The summed E-state index contributed by atoms with van der Waals surface area (Å²) >= 11 is 0. The summed E-state index contributed by atoms with van der Waals surface area (Å²) in [6, 6.07) is 13.4. The zero-order valence-electron chi connectivity index (χ0n) is 12.7. The maximum absolute atomic E-state index is 4.21. The van der Waals surface area contributed by atoms with Crippen molar-refractivity contribution in [2.75, 3.05) is 19.6 Å². The molecule has 4 heteroatoms. The Labute approximate surface area is 126 Å². The molecular formula is C17H24N4. The van der Waals surface area contributed by atoms with Crippen molar-refractivity contribution in [3.63, 3.8) is 0 Å². The first-order chi connectivity index (χ1) is 10.3. The average molecular weight is 284 g/mol. The first kappa shape index (κ1) is 14.3. The molecule has 1 atom stereocenters. The average Bonchev–Trinajstić information content (AvgIpc) is 3.13. The molecule has 1 unspecified atom stereocenters. The molecule has 4 nitrogen and oxygen atoms in total. The Bertz CT molecular complexity index is 549. The van der Waals surface area contributed by atoms with E-state index in [9.17, 15) is 0 Å². The number of likely N-dealkylation sites (tertiary alicyclic amines) is 1. The third kappa shape index (κ3) is 3.93. The first-order valence-corrected chi connectivity index (χ1v) is 7.78. The monoisotopic (exact) mass is 284 g/mol.